The maximum absolute atomic E-state index is 11.1. The van der Waals surface area contributed by atoms with E-state index in [1.54, 1.807) is 18.2 Å². The third kappa shape index (κ3) is 2.88. The predicted octanol–water partition coefficient (Wildman–Crippen LogP) is 4.32. The summed E-state index contributed by atoms with van der Waals surface area (Å²) in [4.78, 5) is 11.1. The van der Waals surface area contributed by atoms with Crippen molar-refractivity contribution in [2.24, 2.45) is 0 Å². The van der Waals surface area contributed by atoms with Gasteiger partial charge in [0.2, 0.25) is 0 Å². The van der Waals surface area contributed by atoms with Crippen molar-refractivity contribution < 1.29 is 19.4 Å². The lowest BCUT2D eigenvalue weighted by atomic mass is 10.1. The fraction of sp³-hybridized carbons (Fsp3) is 0.0952. The molecule has 2 aromatic carbocycles. The molecule has 0 aliphatic heterocycles. The number of fused-ring (bicyclic) bond motifs is 1. The highest BCUT2D eigenvalue weighted by Crippen LogP contribution is 2.37. The number of furan rings is 1. The molecule has 124 valence electrons. The summed E-state index contributed by atoms with van der Waals surface area (Å²) in [7, 11) is 0. The van der Waals surface area contributed by atoms with Crippen LogP contribution in [0.2, 0.25) is 0 Å². The van der Waals surface area contributed by atoms with Crippen molar-refractivity contribution in [3.05, 3.63) is 88.7 Å². The van der Waals surface area contributed by atoms with Crippen molar-refractivity contribution in [2.45, 2.75) is 12.5 Å². The van der Waals surface area contributed by atoms with E-state index in [1.165, 1.54) is 0 Å². The molecule has 0 saturated carbocycles. The summed E-state index contributed by atoms with van der Waals surface area (Å²) in [6.45, 7) is 0. The molecule has 25 heavy (non-hydrogen) atoms. The van der Waals surface area contributed by atoms with Crippen molar-refractivity contribution in [2.75, 3.05) is 0 Å². The average Bonchev–Trinajstić information content (AvgIpc) is 3.21. The molecule has 1 heterocycles. The molecule has 1 aliphatic carbocycles. The van der Waals surface area contributed by atoms with Crippen molar-refractivity contribution in [1.82, 2.24) is 0 Å². The zero-order chi connectivity index (χ0) is 17.4. The van der Waals surface area contributed by atoms with Crippen LogP contribution in [0, 0.1) is 0 Å². The lowest BCUT2D eigenvalue weighted by molar-refractivity contribution is 0.0697. The smallest absolute Gasteiger partial charge is 0.335 e. The van der Waals surface area contributed by atoms with Gasteiger partial charge in [-0.15, -0.1) is 0 Å². The first-order valence-electron chi connectivity index (χ1n) is 8.02. The predicted molar refractivity (Wildman–Crippen MR) is 94.2 cm³/mol. The van der Waals surface area contributed by atoms with Gasteiger partial charge in [0.25, 0.3) is 0 Å². The van der Waals surface area contributed by atoms with Gasteiger partial charge in [0.15, 0.2) is 0 Å². The molecule has 0 spiro atoms. The monoisotopic (exact) mass is 332 g/mol. The molecule has 2 N–H and O–H groups in total. The highest BCUT2D eigenvalue weighted by Gasteiger charge is 2.24. The third-order valence-corrected chi connectivity index (χ3v) is 4.44. The third-order valence-electron chi connectivity index (χ3n) is 4.44. The van der Waals surface area contributed by atoms with E-state index < -0.39 is 12.1 Å². The zero-order valence-corrected chi connectivity index (χ0v) is 13.3. The molecule has 0 saturated heterocycles. The largest absolute Gasteiger partial charge is 0.478 e. The molecule has 1 aromatic heterocycles. The Bertz CT molecular complexity index is 981. The molecule has 0 radical (unpaired) electrons. The van der Waals surface area contributed by atoms with E-state index in [0.29, 0.717) is 23.5 Å². The second kappa shape index (κ2) is 6.07. The van der Waals surface area contributed by atoms with Gasteiger partial charge in [-0.05, 0) is 53.5 Å². The SMILES string of the molecule is O=C(O)c1cccc(-c2ccc(/C=C3\Cc4ccccc4C3O)o2)c1. The van der Waals surface area contributed by atoms with Gasteiger partial charge < -0.3 is 14.6 Å². The molecule has 1 atom stereocenters. The van der Waals surface area contributed by atoms with Crippen molar-refractivity contribution in [3.63, 3.8) is 0 Å². The van der Waals surface area contributed by atoms with Crippen molar-refractivity contribution >= 4 is 12.0 Å². The van der Waals surface area contributed by atoms with Crippen LogP contribution in [-0.4, -0.2) is 16.2 Å². The fourth-order valence-corrected chi connectivity index (χ4v) is 3.18. The minimum Gasteiger partial charge on any atom is -0.478 e. The van der Waals surface area contributed by atoms with Crippen LogP contribution < -0.4 is 0 Å². The summed E-state index contributed by atoms with van der Waals surface area (Å²) in [6.07, 6.45) is 1.94. The second-order valence-electron chi connectivity index (χ2n) is 6.09. The van der Waals surface area contributed by atoms with Crippen LogP contribution in [-0.2, 0) is 6.42 Å². The van der Waals surface area contributed by atoms with E-state index in [0.717, 1.165) is 16.7 Å². The zero-order valence-electron chi connectivity index (χ0n) is 13.3. The van der Waals surface area contributed by atoms with Crippen molar-refractivity contribution in [3.8, 4) is 11.3 Å². The number of rotatable bonds is 3. The van der Waals surface area contributed by atoms with Crippen molar-refractivity contribution in [1.29, 1.82) is 0 Å². The standard InChI is InChI=1S/C21H16O4/c22-20-16(10-13-4-1-2-7-18(13)20)12-17-8-9-19(25-17)14-5-3-6-15(11-14)21(23)24/h1-9,11-12,20,22H,10H2,(H,23,24)/b16-12+. The van der Waals surface area contributed by atoms with Crippen LogP contribution in [0.4, 0.5) is 0 Å². The molecule has 1 aliphatic rings. The first-order chi connectivity index (χ1) is 12.1. The van der Waals surface area contributed by atoms with E-state index in [1.807, 2.05) is 48.5 Å². The molecular weight excluding hydrogens is 316 g/mol. The topological polar surface area (TPSA) is 70.7 Å². The molecule has 0 fully saturated rings. The van der Waals surface area contributed by atoms with Gasteiger partial charge in [-0.2, -0.15) is 0 Å². The summed E-state index contributed by atoms with van der Waals surface area (Å²) in [5, 5.41) is 19.5. The van der Waals surface area contributed by atoms with Gasteiger partial charge in [0, 0.05) is 5.56 Å². The highest BCUT2D eigenvalue weighted by atomic mass is 16.4. The van der Waals surface area contributed by atoms with Crippen LogP contribution in [0.3, 0.4) is 0 Å². The summed E-state index contributed by atoms with van der Waals surface area (Å²) in [5.41, 5.74) is 3.88. The number of aliphatic hydroxyl groups is 1. The first-order valence-corrected chi connectivity index (χ1v) is 8.02. The Morgan fingerprint density at radius 3 is 2.72 bits per heavy atom. The van der Waals surface area contributed by atoms with E-state index >= 15 is 0 Å². The summed E-state index contributed by atoms with van der Waals surface area (Å²) < 4.78 is 5.83. The van der Waals surface area contributed by atoms with Crippen LogP contribution in [0.1, 0.15) is 33.3 Å². The number of carbonyl (C=O) groups is 1. The Balaban J connectivity index is 1.63. The number of benzene rings is 2. The van der Waals surface area contributed by atoms with Crippen LogP contribution in [0.15, 0.2) is 70.7 Å². The van der Waals surface area contributed by atoms with Gasteiger partial charge in [-0.1, -0.05) is 36.4 Å². The van der Waals surface area contributed by atoms with E-state index in [4.69, 9.17) is 9.52 Å². The van der Waals surface area contributed by atoms with Gasteiger partial charge in [0.1, 0.15) is 17.6 Å². The average molecular weight is 332 g/mol. The Morgan fingerprint density at radius 2 is 1.92 bits per heavy atom. The van der Waals surface area contributed by atoms with E-state index in [9.17, 15) is 9.90 Å². The Hall–Kier alpha value is -3.11. The van der Waals surface area contributed by atoms with Gasteiger partial charge in [-0.3, -0.25) is 0 Å². The van der Waals surface area contributed by atoms with E-state index in [2.05, 4.69) is 0 Å². The Morgan fingerprint density at radius 1 is 1.08 bits per heavy atom. The van der Waals surface area contributed by atoms with Crippen LogP contribution >= 0.6 is 0 Å². The van der Waals surface area contributed by atoms with Crippen LogP contribution in [0.25, 0.3) is 17.4 Å². The van der Waals surface area contributed by atoms with Crippen LogP contribution in [0.5, 0.6) is 0 Å². The Kier molecular flexibility index (Phi) is 3.75. The maximum atomic E-state index is 11.1. The summed E-state index contributed by atoms with van der Waals surface area (Å²) >= 11 is 0. The summed E-state index contributed by atoms with van der Waals surface area (Å²) in [5.74, 6) is 0.264. The number of hydrogen-bond donors (Lipinski definition) is 2. The molecule has 3 aromatic rings. The number of aliphatic hydroxyl groups excluding tert-OH is 1. The van der Waals surface area contributed by atoms with Gasteiger partial charge in [0.05, 0.1) is 5.56 Å². The molecule has 0 bridgehead atoms. The molecule has 0 amide bonds. The van der Waals surface area contributed by atoms with Gasteiger partial charge >= 0.3 is 5.97 Å². The second-order valence-corrected chi connectivity index (χ2v) is 6.09. The first kappa shape index (κ1) is 15.4. The quantitative estimate of drug-likeness (QED) is 0.749. The number of hydrogen-bond acceptors (Lipinski definition) is 3. The number of carboxylic acids is 1. The lowest BCUT2D eigenvalue weighted by Crippen LogP contribution is -1.95. The molecule has 4 heteroatoms. The minimum atomic E-state index is -0.970. The number of aromatic carboxylic acids is 1. The Labute approximate surface area is 144 Å². The molecule has 4 rings (SSSR count). The summed E-state index contributed by atoms with van der Waals surface area (Å²) in [6, 6.07) is 18.1. The number of carboxylic acid groups (broad SMARTS) is 1. The highest BCUT2D eigenvalue weighted by molar-refractivity contribution is 5.89. The maximum Gasteiger partial charge on any atom is 0.335 e. The normalized spacial score (nSPS) is 17.6. The lowest BCUT2D eigenvalue weighted by Gasteiger charge is -2.04. The fourth-order valence-electron chi connectivity index (χ4n) is 3.18. The van der Waals surface area contributed by atoms with Gasteiger partial charge in [-0.25, -0.2) is 4.79 Å². The minimum absolute atomic E-state index is 0.218. The molecule has 4 nitrogen and oxygen atoms in total. The molecule has 1 unspecified atom stereocenters. The molecular formula is C21H16O4. The van der Waals surface area contributed by atoms with E-state index in [-0.39, 0.29) is 5.56 Å².